The van der Waals surface area contributed by atoms with Crippen molar-refractivity contribution in [2.75, 3.05) is 17.6 Å². The first-order valence-corrected chi connectivity index (χ1v) is 16.1. The summed E-state index contributed by atoms with van der Waals surface area (Å²) < 4.78 is 0. The Morgan fingerprint density at radius 3 is 2.79 bits per heavy atom. The zero-order chi connectivity index (χ0) is 29.8. The molecule has 0 aliphatic carbocycles. The minimum absolute atomic E-state index is 0.00874. The van der Waals surface area contributed by atoms with Crippen molar-refractivity contribution in [3.05, 3.63) is 71.5 Å². The molecular formula is C32H33ClN6O3S. The number of hydrogen-bond acceptors (Lipinski definition) is 7. The molecule has 0 saturated carbocycles. The Bertz CT molecular complexity index is 1680. The van der Waals surface area contributed by atoms with E-state index in [2.05, 4.69) is 26.3 Å². The van der Waals surface area contributed by atoms with Gasteiger partial charge in [-0.25, -0.2) is 9.78 Å². The lowest BCUT2D eigenvalue weighted by Gasteiger charge is -2.16. The van der Waals surface area contributed by atoms with E-state index in [-0.39, 0.29) is 29.8 Å². The molecule has 11 heteroatoms. The van der Waals surface area contributed by atoms with Crippen molar-refractivity contribution in [1.82, 2.24) is 25.9 Å². The predicted octanol–water partition coefficient (Wildman–Crippen LogP) is 5.98. The standard InChI is InChI=1S/C32H33ClN6O3S/c33-20-5-3-6-21(16-20)36-31-23-12-14-34-17-24(23)22-11-10-19(15-25(22)37-31)27(40)7-4-13-35-29(41)9-2-1-8-28-30-26(18-43-28)38-32(42)39-30/h3,5-6,10-12,14-17,26,28,30H,1-2,4,7-9,13,18H2,(H,35,41)(H,36,37)(H2,38,39,42). The van der Waals surface area contributed by atoms with E-state index in [9.17, 15) is 14.4 Å². The maximum atomic E-state index is 13.0. The maximum absolute atomic E-state index is 13.0. The Labute approximate surface area is 258 Å². The Morgan fingerprint density at radius 1 is 1.00 bits per heavy atom. The van der Waals surface area contributed by atoms with Crippen LogP contribution in [0.1, 0.15) is 48.9 Å². The third kappa shape index (κ3) is 6.86. The van der Waals surface area contributed by atoms with Crippen LogP contribution in [0.15, 0.2) is 60.9 Å². The van der Waals surface area contributed by atoms with E-state index >= 15 is 0 Å². The fraction of sp³-hybridized carbons (Fsp3) is 0.344. The highest BCUT2D eigenvalue weighted by Gasteiger charge is 2.42. The van der Waals surface area contributed by atoms with Crippen LogP contribution in [0.2, 0.25) is 5.02 Å². The molecule has 4 N–H and O–H groups in total. The van der Waals surface area contributed by atoms with Crippen LogP contribution in [-0.2, 0) is 4.79 Å². The molecule has 4 aromatic rings. The van der Waals surface area contributed by atoms with Crippen molar-refractivity contribution < 1.29 is 14.4 Å². The fourth-order valence-corrected chi connectivity index (χ4v) is 7.54. The summed E-state index contributed by atoms with van der Waals surface area (Å²) in [5.74, 6) is 1.62. The molecular weight excluding hydrogens is 584 g/mol. The van der Waals surface area contributed by atoms with E-state index in [1.54, 1.807) is 6.20 Å². The number of fused-ring (bicyclic) bond motifs is 4. The number of carbonyl (C=O) groups is 3. The number of thioether (sulfide) groups is 1. The van der Waals surface area contributed by atoms with Crippen LogP contribution in [0.3, 0.4) is 0 Å². The van der Waals surface area contributed by atoms with Gasteiger partial charge in [0, 0.05) is 75.2 Å². The van der Waals surface area contributed by atoms with Gasteiger partial charge in [0.15, 0.2) is 5.78 Å². The summed E-state index contributed by atoms with van der Waals surface area (Å²) in [4.78, 5) is 46.0. The maximum Gasteiger partial charge on any atom is 0.315 e. The van der Waals surface area contributed by atoms with Gasteiger partial charge in [0.05, 0.1) is 17.6 Å². The highest BCUT2D eigenvalue weighted by molar-refractivity contribution is 8.00. The van der Waals surface area contributed by atoms with Crippen LogP contribution in [0, 0.1) is 0 Å². The second kappa shape index (κ2) is 13.2. The number of nitrogens with zero attached hydrogens (tertiary/aromatic N) is 2. The number of rotatable bonds is 12. The van der Waals surface area contributed by atoms with Crippen LogP contribution in [0.4, 0.5) is 16.3 Å². The fourth-order valence-electron chi connectivity index (χ4n) is 5.80. The molecule has 0 spiro atoms. The number of unbranched alkanes of at least 4 members (excludes halogenated alkanes) is 1. The first-order valence-electron chi connectivity index (χ1n) is 14.6. The van der Waals surface area contributed by atoms with E-state index in [0.29, 0.717) is 53.0 Å². The molecule has 2 aromatic carbocycles. The minimum atomic E-state index is -0.0713. The van der Waals surface area contributed by atoms with E-state index in [0.717, 1.165) is 46.9 Å². The normalized spacial score (nSPS) is 19.2. The van der Waals surface area contributed by atoms with E-state index in [1.165, 1.54) is 0 Å². The quantitative estimate of drug-likeness (QED) is 0.0667. The number of pyridine rings is 2. The molecule has 3 unspecified atom stereocenters. The first kappa shape index (κ1) is 29.2. The van der Waals surface area contributed by atoms with Gasteiger partial charge in [-0.05, 0) is 49.6 Å². The molecule has 3 amide bonds. The third-order valence-corrected chi connectivity index (χ3v) is 9.73. The number of anilines is 2. The number of hydrogen-bond donors (Lipinski definition) is 4. The Morgan fingerprint density at radius 2 is 1.91 bits per heavy atom. The molecule has 4 heterocycles. The number of benzene rings is 2. The van der Waals surface area contributed by atoms with Crippen LogP contribution in [0.25, 0.3) is 21.7 Å². The number of nitrogens with one attached hydrogen (secondary N) is 4. The molecule has 222 valence electrons. The van der Waals surface area contributed by atoms with Gasteiger partial charge >= 0.3 is 6.03 Å². The summed E-state index contributed by atoms with van der Waals surface area (Å²) in [5, 5.41) is 16.1. The summed E-state index contributed by atoms with van der Waals surface area (Å²) >= 11 is 8.07. The number of amides is 3. The highest BCUT2D eigenvalue weighted by atomic mass is 35.5. The Kier molecular flexibility index (Phi) is 8.95. The average Bonchev–Trinajstić information content (AvgIpc) is 3.56. The van der Waals surface area contributed by atoms with E-state index in [1.807, 2.05) is 66.5 Å². The molecule has 9 nitrogen and oxygen atoms in total. The molecule has 3 atom stereocenters. The first-order chi connectivity index (χ1) is 20.9. The lowest BCUT2D eigenvalue weighted by Crippen LogP contribution is -2.36. The van der Waals surface area contributed by atoms with Gasteiger partial charge in [-0.1, -0.05) is 36.2 Å². The summed E-state index contributed by atoms with van der Waals surface area (Å²) in [6.45, 7) is 0.459. The lowest BCUT2D eigenvalue weighted by atomic mass is 10.0. The topological polar surface area (TPSA) is 125 Å². The minimum Gasteiger partial charge on any atom is -0.356 e. The van der Waals surface area contributed by atoms with Crippen LogP contribution < -0.4 is 21.3 Å². The van der Waals surface area contributed by atoms with Gasteiger partial charge in [-0.15, -0.1) is 0 Å². The van der Waals surface area contributed by atoms with Crippen LogP contribution in [-0.4, -0.2) is 57.3 Å². The number of halogens is 1. The average molecular weight is 617 g/mol. The molecule has 2 aliphatic heterocycles. The van der Waals surface area contributed by atoms with Gasteiger partial charge < -0.3 is 21.3 Å². The van der Waals surface area contributed by atoms with Crippen molar-refractivity contribution in [3.8, 4) is 0 Å². The largest absolute Gasteiger partial charge is 0.356 e. The van der Waals surface area contributed by atoms with E-state index < -0.39 is 0 Å². The molecule has 2 aromatic heterocycles. The SMILES string of the molecule is O=C(CCCCC1SCC2NC(=O)NC21)NCCCC(=O)c1ccc2c(c1)nc(Nc1cccc(Cl)c1)c1ccncc12. The summed E-state index contributed by atoms with van der Waals surface area (Å²) in [5.41, 5.74) is 2.10. The Balaban J connectivity index is 0.995. The van der Waals surface area contributed by atoms with Crippen molar-refractivity contribution in [1.29, 1.82) is 0 Å². The second-order valence-corrected chi connectivity index (χ2v) is 12.7. The summed E-state index contributed by atoms with van der Waals surface area (Å²) in [7, 11) is 0. The number of Topliss-reactive ketones (excluding diaryl/α,β-unsaturated/α-hetero) is 1. The third-order valence-electron chi connectivity index (χ3n) is 7.99. The molecule has 2 saturated heterocycles. The van der Waals surface area contributed by atoms with Crippen molar-refractivity contribution >= 4 is 74.3 Å². The van der Waals surface area contributed by atoms with Gasteiger partial charge in [-0.3, -0.25) is 14.6 Å². The number of ketones is 1. The van der Waals surface area contributed by atoms with Crippen LogP contribution >= 0.6 is 23.4 Å². The van der Waals surface area contributed by atoms with Crippen molar-refractivity contribution in [2.45, 2.75) is 55.9 Å². The van der Waals surface area contributed by atoms with E-state index in [4.69, 9.17) is 16.6 Å². The molecule has 0 bridgehead atoms. The van der Waals surface area contributed by atoms with Gasteiger partial charge in [0.25, 0.3) is 0 Å². The predicted molar refractivity (Wildman–Crippen MR) is 172 cm³/mol. The lowest BCUT2D eigenvalue weighted by molar-refractivity contribution is -0.121. The monoisotopic (exact) mass is 616 g/mol. The van der Waals surface area contributed by atoms with Crippen molar-refractivity contribution in [2.24, 2.45) is 0 Å². The van der Waals surface area contributed by atoms with Gasteiger partial charge in [0.1, 0.15) is 5.82 Å². The molecule has 2 aliphatic rings. The zero-order valence-electron chi connectivity index (χ0n) is 23.6. The van der Waals surface area contributed by atoms with Crippen molar-refractivity contribution in [3.63, 3.8) is 0 Å². The second-order valence-electron chi connectivity index (χ2n) is 11.0. The number of aromatic nitrogens is 2. The molecule has 43 heavy (non-hydrogen) atoms. The Hall–Kier alpha value is -3.89. The zero-order valence-corrected chi connectivity index (χ0v) is 25.1. The number of carbonyl (C=O) groups excluding carboxylic acids is 3. The number of urea groups is 1. The molecule has 2 fully saturated rings. The highest BCUT2D eigenvalue weighted by Crippen LogP contribution is 2.34. The van der Waals surface area contributed by atoms with Gasteiger partial charge in [0.2, 0.25) is 5.91 Å². The molecule has 6 rings (SSSR count). The summed E-state index contributed by atoms with van der Waals surface area (Å²) in [6, 6.07) is 15.3. The van der Waals surface area contributed by atoms with Gasteiger partial charge in [-0.2, -0.15) is 11.8 Å². The smallest absolute Gasteiger partial charge is 0.315 e. The van der Waals surface area contributed by atoms with Crippen LogP contribution in [0.5, 0.6) is 0 Å². The summed E-state index contributed by atoms with van der Waals surface area (Å²) in [6.07, 6.45) is 7.64. The molecule has 0 radical (unpaired) electrons.